The first-order valence-corrected chi connectivity index (χ1v) is 6.55. The third kappa shape index (κ3) is 2.55. The number of aromatic amines is 1. The average Bonchev–Trinajstić information content (AvgIpc) is 2.49. The van der Waals surface area contributed by atoms with Crippen LogP contribution in [-0.4, -0.2) is 36.1 Å². The van der Waals surface area contributed by atoms with Crippen LogP contribution in [0.25, 0.3) is 11.3 Å². The van der Waals surface area contributed by atoms with Gasteiger partial charge >= 0.3 is 5.69 Å². The molecule has 1 aliphatic heterocycles. The molecule has 2 heterocycles. The highest BCUT2D eigenvalue weighted by Crippen LogP contribution is 2.27. The van der Waals surface area contributed by atoms with Gasteiger partial charge in [0.05, 0.1) is 17.6 Å². The van der Waals surface area contributed by atoms with Crippen molar-refractivity contribution in [2.45, 2.75) is 0 Å². The first kappa shape index (κ1) is 12.8. The van der Waals surface area contributed by atoms with Crippen molar-refractivity contribution in [1.29, 1.82) is 0 Å². The molecule has 1 aromatic heterocycles. The lowest BCUT2D eigenvalue weighted by atomic mass is 10.1. The highest BCUT2D eigenvalue weighted by Gasteiger charge is 2.16. The van der Waals surface area contributed by atoms with E-state index in [2.05, 4.69) is 20.2 Å². The van der Waals surface area contributed by atoms with Crippen LogP contribution in [0.4, 0.5) is 10.1 Å². The number of H-pyrrole nitrogens is 1. The number of nitrogens with zero attached hydrogens (tertiary/aromatic N) is 2. The predicted molar refractivity (Wildman–Crippen MR) is 75.3 cm³/mol. The lowest BCUT2D eigenvalue weighted by molar-refractivity contribution is 0.588. The van der Waals surface area contributed by atoms with E-state index in [9.17, 15) is 9.18 Å². The van der Waals surface area contributed by atoms with E-state index in [-0.39, 0.29) is 5.82 Å². The van der Waals surface area contributed by atoms with E-state index in [1.165, 1.54) is 12.1 Å². The zero-order chi connectivity index (χ0) is 13.9. The molecule has 0 spiro atoms. The molecule has 0 unspecified atom stereocenters. The van der Waals surface area contributed by atoms with Crippen molar-refractivity contribution >= 4 is 5.69 Å². The van der Waals surface area contributed by atoms with Gasteiger partial charge in [0.1, 0.15) is 5.82 Å². The fourth-order valence-corrected chi connectivity index (χ4v) is 2.37. The number of piperazine rings is 1. The van der Waals surface area contributed by atoms with Gasteiger partial charge in [-0.15, -0.1) is 0 Å². The van der Waals surface area contributed by atoms with Gasteiger partial charge in [0.25, 0.3) is 0 Å². The molecule has 2 N–H and O–H groups in total. The topological polar surface area (TPSA) is 61.0 Å². The van der Waals surface area contributed by atoms with Crippen LogP contribution in [0.1, 0.15) is 0 Å². The summed E-state index contributed by atoms with van der Waals surface area (Å²) >= 11 is 0. The second kappa shape index (κ2) is 5.42. The maximum atomic E-state index is 13.0. The van der Waals surface area contributed by atoms with E-state index in [1.807, 2.05) is 0 Å². The molecule has 3 rings (SSSR count). The van der Waals surface area contributed by atoms with Crippen LogP contribution in [0.3, 0.4) is 0 Å². The van der Waals surface area contributed by atoms with Crippen molar-refractivity contribution in [2.75, 3.05) is 31.1 Å². The van der Waals surface area contributed by atoms with Crippen molar-refractivity contribution in [3.05, 3.63) is 46.8 Å². The Hall–Kier alpha value is -2.21. The van der Waals surface area contributed by atoms with Crippen molar-refractivity contribution in [1.82, 2.24) is 15.3 Å². The average molecular weight is 274 g/mol. The van der Waals surface area contributed by atoms with Crippen LogP contribution in [0, 0.1) is 5.82 Å². The van der Waals surface area contributed by atoms with Crippen LogP contribution >= 0.6 is 0 Å². The Morgan fingerprint density at radius 2 is 1.85 bits per heavy atom. The molecule has 1 aromatic carbocycles. The summed E-state index contributed by atoms with van der Waals surface area (Å²) in [5.41, 5.74) is 1.94. The number of rotatable bonds is 2. The van der Waals surface area contributed by atoms with E-state index in [0.717, 1.165) is 37.4 Å². The number of nitrogens with one attached hydrogen (secondary N) is 2. The minimum Gasteiger partial charge on any atom is -0.366 e. The molecule has 104 valence electrons. The van der Waals surface area contributed by atoms with Gasteiger partial charge in [0.2, 0.25) is 0 Å². The number of halogens is 1. The summed E-state index contributed by atoms with van der Waals surface area (Å²) < 4.78 is 13.0. The van der Waals surface area contributed by atoms with Crippen LogP contribution < -0.4 is 15.9 Å². The molecule has 1 aliphatic rings. The van der Waals surface area contributed by atoms with E-state index in [4.69, 9.17) is 0 Å². The molecule has 0 amide bonds. The van der Waals surface area contributed by atoms with Gasteiger partial charge in [-0.25, -0.2) is 9.18 Å². The molecule has 6 heteroatoms. The standard InChI is InChI=1S/C14H15FN4O/c15-11-3-1-10(2-4-11)13-12(9-17-14(20)18-13)19-7-5-16-6-8-19/h1-4,9,16H,5-8H2,(H,17,18,20). The van der Waals surface area contributed by atoms with E-state index >= 15 is 0 Å². The molecular weight excluding hydrogens is 259 g/mol. The minimum absolute atomic E-state index is 0.297. The number of aromatic nitrogens is 2. The Morgan fingerprint density at radius 1 is 1.15 bits per heavy atom. The van der Waals surface area contributed by atoms with Crippen molar-refractivity contribution in [2.24, 2.45) is 0 Å². The van der Waals surface area contributed by atoms with Crippen molar-refractivity contribution < 1.29 is 4.39 Å². The van der Waals surface area contributed by atoms with Gasteiger partial charge in [0, 0.05) is 31.7 Å². The van der Waals surface area contributed by atoms with E-state index in [1.54, 1.807) is 18.3 Å². The quantitative estimate of drug-likeness (QED) is 0.857. The molecule has 0 atom stereocenters. The molecule has 5 nitrogen and oxygen atoms in total. The summed E-state index contributed by atoms with van der Waals surface area (Å²) in [6, 6.07) is 6.09. The Bertz CT molecular complexity index is 647. The Balaban J connectivity index is 2.05. The predicted octanol–water partition coefficient (Wildman–Crippen LogP) is 0.986. The zero-order valence-corrected chi connectivity index (χ0v) is 10.9. The van der Waals surface area contributed by atoms with Crippen LogP contribution in [-0.2, 0) is 0 Å². The molecule has 1 saturated heterocycles. The Labute approximate surface area is 115 Å². The second-order valence-electron chi connectivity index (χ2n) is 4.69. The van der Waals surface area contributed by atoms with Crippen LogP contribution in [0.15, 0.2) is 35.3 Å². The molecule has 0 aliphatic carbocycles. The minimum atomic E-state index is -0.400. The molecule has 2 aromatic rings. The Kier molecular flexibility index (Phi) is 3.47. The third-order valence-electron chi connectivity index (χ3n) is 3.38. The number of hydrogen-bond acceptors (Lipinski definition) is 4. The summed E-state index contributed by atoms with van der Waals surface area (Å²) in [6.45, 7) is 3.48. The van der Waals surface area contributed by atoms with Gasteiger partial charge in [-0.05, 0) is 24.3 Å². The Morgan fingerprint density at radius 3 is 2.55 bits per heavy atom. The first-order chi connectivity index (χ1) is 9.74. The summed E-state index contributed by atoms with van der Waals surface area (Å²) in [7, 11) is 0. The summed E-state index contributed by atoms with van der Waals surface area (Å²) in [5.74, 6) is -0.297. The molecule has 0 saturated carbocycles. The van der Waals surface area contributed by atoms with Gasteiger partial charge in [-0.2, -0.15) is 4.98 Å². The third-order valence-corrected chi connectivity index (χ3v) is 3.38. The van der Waals surface area contributed by atoms with Gasteiger partial charge < -0.3 is 15.2 Å². The van der Waals surface area contributed by atoms with E-state index in [0.29, 0.717) is 5.69 Å². The second-order valence-corrected chi connectivity index (χ2v) is 4.69. The van der Waals surface area contributed by atoms with Crippen LogP contribution in [0.5, 0.6) is 0 Å². The summed E-state index contributed by atoms with van der Waals surface area (Å²) in [6.07, 6.45) is 1.59. The fraction of sp³-hybridized carbons (Fsp3) is 0.286. The highest BCUT2D eigenvalue weighted by molar-refractivity contribution is 5.74. The summed E-state index contributed by atoms with van der Waals surface area (Å²) in [4.78, 5) is 20.2. The largest absolute Gasteiger partial charge is 0.366 e. The molecule has 1 fully saturated rings. The van der Waals surface area contributed by atoms with Crippen molar-refractivity contribution in [3.63, 3.8) is 0 Å². The SMILES string of the molecule is O=c1ncc(N2CCNCC2)c(-c2ccc(F)cc2)[nH]1. The zero-order valence-electron chi connectivity index (χ0n) is 10.9. The van der Waals surface area contributed by atoms with E-state index < -0.39 is 5.69 Å². The van der Waals surface area contributed by atoms with Crippen molar-refractivity contribution in [3.8, 4) is 11.3 Å². The number of benzene rings is 1. The number of anilines is 1. The summed E-state index contributed by atoms with van der Waals surface area (Å²) in [5, 5.41) is 3.28. The fourth-order valence-electron chi connectivity index (χ4n) is 2.37. The molecular formula is C14H15FN4O. The normalized spacial score (nSPS) is 15.3. The lowest BCUT2D eigenvalue weighted by Gasteiger charge is -2.30. The number of hydrogen-bond donors (Lipinski definition) is 2. The smallest absolute Gasteiger partial charge is 0.345 e. The van der Waals surface area contributed by atoms with Gasteiger partial charge in [0.15, 0.2) is 0 Å². The highest BCUT2D eigenvalue weighted by atomic mass is 19.1. The monoisotopic (exact) mass is 274 g/mol. The molecule has 0 radical (unpaired) electrons. The van der Waals surface area contributed by atoms with Crippen LogP contribution in [0.2, 0.25) is 0 Å². The van der Waals surface area contributed by atoms with Gasteiger partial charge in [-0.1, -0.05) is 0 Å². The van der Waals surface area contributed by atoms with Gasteiger partial charge in [-0.3, -0.25) is 0 Å². The maximum Gasteiger partial charge on any atom is 0.345 e. The maximum absolute atomic E-state index is 13.0. The molecule has 0 bridgehead atoms. The molecule has 20 heavy (non-hydrogen) atoms. The lowest BCUT2D eigenvalue weighted by Crippen LogP contribution is -2.44. The first-order valence-electron chi connectivity index (χ1n) is 6.55.